The molecule has 1 fully saturated rings. The molecular formula is C31H44N2O13. The molecular weight excluding hydrogens is 608 g/mol. The van der Waals surface area contributed by atoms with Crippen molar-refractivity contribution < 1.29 is 63.0 Å². The Balaban J connectivity index is 0.00000361. The summed E-state index contributed by atoms with van der Waals surface area (Å²) < 4.78 is 27.3. The first-order valence-corrected chi connectivity index (χ1v) is 15.2. The van der Waals surface area contributed by atoms with E-state index in [9.17, 15) is 39.3 Å². The van der Waals surface area contributed by atoms with Crippen LogP contribution in [-0.2, 0) is 55.9 Å². The Hall–Kier alpha value is -3.89. The number of carbonyl (C=O) groups is 5. The lowest BCUT2D eigenvalue weighted by molar-refractivity contribution is -0.228. The first-order valence-electron chi connectivity index (χ1n) is 15.2. The first kappa shape index (κ1) is 38.3. The van der Waals surface area contributed by atoms with Crippen LogP contribution in [0.4, 0.5) is 0 Å². The Bertz CT molecular complexity index is 1190. The number of carboxylic acids is 1. The van der Waals surface area contributed by atoms with Gasteiger partial charge in [-0.25, -0.2) is 4.79 Å². The van der Waals surface area contributed by atoms with E-state index >= 15 is 0 Å². The van der Waals surface area contributed by atoms with Crippen molar-refractivity contribution in [3.63, 3.8) is 0 Å². The number of nitrogens with one attached hydrogen (secondary N) is 1. The maximum atomic E-state index is 11.9. The summed E-state index contributed by atoms with van der Waals surface area (Å²) in [6, 6.07) is 5.22. The number of benzene rings is 1. The van der Waals surface area contributed by atoms with Crippen molar-refractivity contribution in [2.75, 3.05) is 39.5 Å². The van der Waals surface area contributed by atoms with E-state index in [-0.39, 0.29) is 50.8 Å². The number of aliphatic carboxylic acids is 1. The zero-order valence-corrected chi connectivity index (χ0v) is 26.3. The summed E-state index contributed by atoms with van der Waals surface area (Å²) in [5.74, 6) is -2.78. The molecule has 0 aliphatic carbocycles. The molecule has 0 aromatic heterocycles. The van der Waals surface area contributed by atoms with Gasteiger partial charge in [-0.15, -0.1) is 0 Å². The molecule has 2 aliphatic heterocycles. The fourth-order valence-corrected chi connectivity index (χ4v) is 4.37. The largest absolute Gasteiger partial charge is 0.479 e. The van der Waals surface area contributed by atoms with E-state index in [1.165, 1.54) is 19.1 Å². The van der Waals surface area contributed by atoms with Gasteiger partial charge in [0.2, 0.25) is 12.2 Å². The molecule has 3 unspecified atom stereocenters. The van der Waals surface area contributed by atoms with E-state index in [1.807, 2.05) is 13.8 Å². The zero-order valence-electron chi connectivity index (χ0n) is 26.3. The number of aliphatic hydroxyl groups is 2. The maximum absolute atomic E-state index is 11.9. The molecule has 3 amide bonds. The number of amides is 3. The smallest absolute Gasteiger partial charge is 0.335 e. The lowest BCUT2D eigenvalue weighted by Gasteiger charge is -2.35. The zero-order chi connectivity index (χ0) is 34.1. The molecule has 2 aliphatic rings. The minimum absolute atomic E-state index is 0.0144. The molecule has 1 aromatic carbocycles. The third-order valence-electron chi connectivity index (χ3n) is 6.65. The number of aliphatic hydroxyl groups excluding tert-OH is 2. The Morgan fingerprint density at radius 1 is 1.02 bits per heavy atom. The van der Waals surface area contributed by atoms with Gasteiger partial charge in [0, 0.05) is 57.2 Å². The number of imide groups is 1. The molecule has 1 saturated heterocycles. The van der Waals surface area contributed by atoms with E-state index in [1.54, 1.807) is 18.2 Å². The predicted octanol–water partition coefficient (Wildman–Crippen LogP) is 0.473. The third kappa shape index (κ3) is 12.8. The number of hydrogen-bond acceptors (Lipinski definition) is 12. The average molecular weight is 653 g/mol. The van der Waals surface area contributed by atoms with Crippen molar-refractivity contribution in [2.24, 2.45) is 0 Å². The molecule has 4 atom stereocenters. The van der Waals surface area contributed by atoms with E-state index in [4.69, 9.17) is 23.7 Å². The summed E-state index contributed by atoms with van der Waals surface area (Å²) in [6.45, 7) is 6.89. The summed E-state index contributed by atoms with van der Waals surface area (Å²) in [4.78, 5) is 58.6. The van der Waals surface area contributed by atoms with Crippen LogP contribution in [0.2, 0.25) is 0 Å². The lowest BCUT2D eigenvalue weighted by Crippen LogP contribution is -2.53. The van der Waals surface area contributed by atoms with Gasteiger partial charge in [-0.3, -0.25) is 24.1 Å². The van der Waals surface area contributed by atoms with E-state index in [2.05, 4.69) is 5.32 Å². The van der Waals surface area contributed by atoms with Gasteiger partial charge in [-0.1, -0.05) is 19.9 Å². The highest BCUT2D eigenvalue weighted by molar-refractivity contribution is 6.13. The van der Waals surface area contributed by atoms with Gasteiger partial charge < -0.3 is 44.3 Å². The molecule has 0 radical (unpaired) electrons. The standard InChI is InChI=1S/C29H38N2O13.C2H6/c1-18(32)42-17-20-15-19(4-5-22(20)43-26-16-21(33)27(37)28(44-26)29(38)39)3-2-11-40-13-14-41-12-9-30-23(34)8-10-31-24(35)6-7-25(31)36;1-2/h4-7,15,21,26-28,33,37H,2-3,8-14,16-17H2,1H3,(H,30,34)(H,38,39);1-2H3/t21?,26?,27-,28?;/m0./s1. The molecule has 15 nitrogen and oxygen atoms in total. The normalized spacial score (nSPS) is 20.6. The Labute approximate surface area is 267 Å². The molecule has 1 aromatic rings. The molecule has 3 rings (SSSR count). The number of esters is 1. The van der Waals surface area contributed by atoms with Crippen molar-refractivity contribution in [1.82, 2.24) is 10.2 Å². The monoisotopic (exact) mass is 652 g/mol. The summed E-state index contributed by atoms with van der Waals surface area (Å²) in [5, 5.41) is 31.8. The van der Waals surface area contributed by atoms with Crippen LogP contribution in [0.3, 0.4) is 0 Å². The molecule has 46 heavy (non-hydrogen) atoms. The van der Waals surface area contributed by atoms with Gasteiger partial charge in [0.05, 0.1) is 25.9 Å². The molecule has 0 bridgehead atoms. The second-order valence-electron chi connectivity index (χ2n) is 10.0. The van der Waals surface area contributed by atoms with Crippen LogP contribution in [0.1, 0.15) is 51.2 Å². The number of nitrogens with zero attached hydrogens (tertiary/aromatic N) is 1. The topological polar surface area (TPSA) is 207 Å². The summed E-state index contributed by atoms with van der Waals surface area (Å²) in [5.41, 5.74) is 1.43. The minimum atomic E-state index is -1.65. The molecule has 2 heterocycles. The molecule has 15 heteroatoms. The Morgan fingerprint density at radius 2 is 1.70 bits per heavy atom. The quantitative estimate of drug-likeness (QED) is 0.0968. The van der Waals surface area contributed by atoms with Crippen molar-refractivity contribution >= 4 is 29.7 Å². The van der Waals surface area contributed by atoms with Gasteiger partial charge in [-0.05, 0) is 30.5 Å². The van der Waals surface area contributed by atoms with Crippen LogP contribution in [0.15, 0.2) is 30.4 Å². The van der Waals surface area contributed by atoms with E-state index < -0.39 is 48.4 Å². The van der Waals surface area contributed by atoms with Gasteiger partial charge in [-0.2, -0.15) is 0 Å². The SMILES string of the molecule is CC.CC(=O)OCc1cc(CCCOCCOCCNC(=O)CCN2C(=O)C=CC2=O)ccc1OC1CC(O)[C@H](O)C(C(=O)O)O1. The number of carboxylic acid groups (broad SMARTS) is 1. The van der Waals surface area contributed by atoms with Gasteiger partial charge in [0.1, 0.15) is 18.5 Å². The second kappa shape index (κ2) is 20.3. The molecule has 256 valence electrons. The van der Waals surface area contributed by atoms with Gasteiger partial charge >= 0.3 is 11.9 Å². The van der Waals surface area contributed by atoms with Gasteiger partial charge in [0.25, 0.3) is 11.8 Å². The number of aryl methyl sites for hydroxylation is 1. The van der Waals surface area contributed by atoms with Gasteiger partial charge in [0.15, 0.2) is 6.10 Å². The van der Waals surface area contributed by atoms with Crippen LogP contribution in [0.25, 0.3) is 0 Å². The Morgan fingerprint density at radius 3 is 2.35 bits per heavy atom. The number of ether oxygens (including phenoxy) is 5. The highest BCUT2D eigenvalue weighted by Crippen LogP contribution is 2.28. The molecule has 0 spiro atoms. The number of rotatable bonds is 18. The second-order valence-corrected chi connectivity index (χ2v) is 10.0. The van der Waals surface area contributed by atoms with E-state index in [0.29, 0.717) is 38.2 Å². The van der Waals surface area contributed by atoms with Crippen LogP contribution in [-0.4, -0.2) is 114 Å². The van der Waals surface area contributed by atoms with E-state index in [0.717, 1.165) is 10.5 Å². The summed E-state index contributed by atoms with van der Waals surface area (Å²) in [7, 11) is 0. The van der Waals surface area contributed by atoms with Crippen LogP contribution >= 0.6 is 0 Å². The van der Waals surface area contributed by atoms with Crippen LogP contribution in [0, 0.1) is 0 Å². The molecule has 4 N–H and O–H groups in total. The van der Waals surface area contributed by atoms with Crippen LogP contribution in [0.5, 0.6) is 5.75 Å². The fraction of sp³-hybridized carbons (Fsp3) is 0.581. The van der Waals surface area contributed by atoms with Crippen molar-refractivity contribution in [3.05, 3.63) is 41.5 Å². The highest BCUT2D eigenvalue weighted by Gasteiger charge is 2.42. The fourth-order valence-electron chi connectivity index (χ4n) is 4.37. The number of hydrogen-bond donors (Lipinski definition) is 4. The predicted molar refractivity (Wildman–Crippen MR) is 160 cm³/mol. The average Bonchev–Trinajstić information content (AvgIpc) is 3.35. The Kier molecular flexibility index (Phi) is 16.9. The lowest BCUT2D eigenvalue weighted by atomic mass is 10.0. The maximum Gasteiger partial charge on any atom is 0.335 e. The number of carbonyl (C=O) groups excluding carboxylic acids is 4. The van der Waals surface area contributed by atoms with Crippen molar-refractivity contribution in [3.8, 4) is 5.75 Å². The highest BCUT2D eigenvalue weighted by atomic mass is 16.7. The van der Waals surface area contributed by atoms with Crippen molar-refractivity contribution in [1.29, 1.82) is 0 Å². The van der Waals surface area contributed by atoms with Crippen LogP contribution < -0.4 is 10.1 Å². The summed E-state index contributed by atoms with van der Waals surface area (Å²) in [6.07, 6.45) is -2.22. The summed E-state index contributed by atoms with van der Waals surface area (Å²) >= 11 is 0. The molecule has 0 saturated carbocycles. The van der Waals surface area contributed by atoms with Crippen molar-refractivity contribution in [2.45, 2.75) is 77.7 Å². The third-order valence-corrected chi connectivity index (χ3v) is 6.65. The minimum Gasteiger partial charge on any atom is -0.479 e. The first-order chi connectivity index (χ1) is 22.0.